The second-order valence-corrected chi connectivity index (χ2v) is 9.90. The van der Waals surface area contributed by atoms with E-state index in [1.54, 1.807) is 28.0 Å². The number of nitrogens with one attached hydrogen (secondary N) is 1. The second kappa shape index (κ2) is 8.70. The fourth-order valence-corrected chi connectivity index (χ4v) is 5.11. The van der Waals surface area contributed by atoms with Crippen molar-refractivity contribution in [2.24, 2.45) is 0 Å². The van der Waals surface area contributed by atoms with Gasteiger partial charge in [-0.3, -0.25) is 14.3 Å². The van der Waals surface area contributed by atoms with Crippen molar-refractivity contribution >= 4 is 27.5 Å². The number of hydrogen-bond acceptors (Lipinski definition) is 4. The molecule has 2 amide bonds. The van der Waals surface area contributed by atoms with Crippen molar-refractivity contribution in [1.82, 2.24) is 9.80 Å². The fraction of sp³-hybridized carbons (Fsp3) is 0.391. The van der Waals surface area contributed by atoms with Crippen molar-refractivity contribution in [2.45, 2.75) is 37.5 Å². The molecule has 2 heterocycles. The summed E-state index contributed by atoms with van der Waals surface area (Å²) in [5.74, 6) is -0.353. The third-order valence-corrected chi connectivity index (χ3v) is 7.19. The molecule has 0 unspecified atom stereocenters. The Balaban J connectivity index is 1.69. The first-order chi connectivity index (χ1) is 14.8. The predicted octanol–water partition coefficient (Wildman–Crippen LogP) is 3.27. The number of sulfonamides is 1. The first-order valence-electron chi connectivity index (χ1n) is 10.7. The van der Waals surface area contributed by atoms with E-state index in [2.05, 4.69) is 4.72 Å². The van der Waals surface area contributed by atoms with E-state index < -0.39 is 10.0 Å². The minimum Gasteiger partial charge on any atom is -0.339 e. The molecule has 0 aromatic heterocycles. The highest BCUT2D eigenvalue weighted by molar-refractivity contribution is 7.92. The molecule has 7 nitrogen and oxygen atoms in total. The van der Waals surface area contributed by atoms with Crippen LogP contribution in [0.5, 0.6) is 0 Å². The van der Waals surface area contributed by atoms with Crippen molar-refractivity contribution in [3.63, 3.8) is 0 Å². The van der Waals surface area contributed by atoms with E-state index in [0.717, 1.165) is 31.2 Å². The van der Waals surface area contributed by atoms with E-state index in [1.807, 2.05) is 6.92 Å². The molecule has 2 aromatic rings. The molecule has 4 rings (SSSR count). The number of nitrogens with zero attached hydrogens (tertiary/aromatic N) is 2. The molecule has 164 valence electrons. The molecule has 2 aliphatic heterocycles. The number of amides is 2. The lowest BCUT2D eigenvalue weighted by Crippen LogP contribution is -2.30. The molecule has 2 saturated heterocycles. The average Bonchev–Trinajstić information content (AvgIpc) is 3.46. The second-order valence-electron chi connectivity index (χ2n) is 8.22. The van der Waals surface area contributed by atoms with E-state index in [1.165, 1.54) is 24.3 Å². The van der Waals surface area contributed by atoms with Gasteiger partial charge in [-0.05, 0) is 62.9 Å². The van der Waals surface area contributed by atoms with Crippen LogP contribution in [0.3, 0.4) is 0 Å². The van der Waals surface area contributed by atoms with Crippen LogP contribution in [0.4, 0.5) is 5.69 Å². The van der Waals surface area contributed by atoms with Gasteiger partial charge in [-0.1, -0.05) is 17.7 Å². The lowest BCUT2D eigenvalue weighted by atomic mass is 10.1. The summed E-state index contributed by atoms with van der Waals surface area (Å²) in [5, 5.41) is 0. The lowest BCUT2D eigenvalue weighted by molar-refractivity contribution is 0.0791. The van der Waals surface area contributed by atoms with Crippen LogP contribution in [-0.2, 0) is 10.0 Å². The number of carbonyl (C=O) groups is 2. The number of likely N-dealkylation sites (tertiary alicyclic amines) is 2. The lowest BCUT2D eigenvalue weighted by Gasteiger charge is -2.19. The summed E-state index contributed by atoms with van der Waals surface area (Å²) in [6.07, 6.45) is 3.80. The molecular formula is C23H27N3O4S. The van der Waals surface area contributed by atoms with Gasteiger partial charge in [0.1, 0.15) is 0 Å². The van der Waals surface area contributed by atoms with Gasteiger partial charge in [0, 0.05) is 37.3 Å². The predicted molar refractivity (Wildman–Crippen MR) is 119 cm³/mol. The zero-order valence-corrected chi connectivity index (χ0v) is 18.5. The van der Waals surface area contributed by atoms with E-state index >= 15 is 0 Å². The van der Waals surface area contributed by atoms with Gasteiger partial charge in [0.2, 0.25) is 0 Å². The molecule has 1 N–H and O–H groups in total. The van der Waals surface area contributed by atoms with Crippen LogP contribution in [0.25, 0.3) is 0 Å². The van der Waals surface area contributed by atoms with Crippen molar-refractivity contribution in [3.05, 3.63) is 59.2 Å². The quantitative estimate of drug-likeness (QED) is 0.772. The largest absolute Gasteiger partial charge is 0.339 e. The Bertz CT molecular complexity index is 1040. The van der Waals surface area contributed by atoms with E-state index in [-0.39, 0.29) is 22.4 Å². The van der Waals surface area contributed by atoms with Gasteiger partial charge in [0.25, 0.3) is 21.8 Å². The van der Waals surface area contributed by atoms with Gasteiger partial charge in [0.05, 0.1) is 10.6 Å². The minimum atomic E-state index is -3.85. The monoisotopic (exact) mass is 441 g/mol. The molecule has 2 aliphatic rings. The molecular weight excluding hydrogens is 414 g/mol. The SMILES string of the molecule is Cc1ccc(S(=O)(=O)Nc2cc(C(=O)N3CCCC3)cc(C(=O)N3CCCC3)c2)cc1. The maximum Gasteiger partial charge on any atom is 0.261 e. The average molecular weight is 442 g/mol. The summed E-state index contributed by atoms with van der Waals surface area (Å²) in [5.41, 5.74) is 1.82. The molecule has 31 heavy (non-hydrogen) atoms. The highest BCUT2D eigenvalue weighted by Crippen LogP contribution is 2.24. The third kappa shape index (κ3) is 4.74. The van der Waals surface area contributed by atoms with Crippen molar-refractivity contribution in [3.8, 4) is 0 Å². The smallest absolute Gasteiger partial charge is 0.261 e. The molecule has 0 radical (unpaired) electrons. The Morgan fingerprint density at radius 3 is 1.68 bits per heavy atom. The van der Waals surface area contributed by atoms with Crippen LogP contribution in [0.1, 0.15) is 52.0 Å². The first-order valence-corrected chi connectivity index (χ1v) is 12.1. The Kier molecular flexibility index (Phi) is 6.00. The molecule has 0 spiro atoms. The summed E-state index contributed by atoms with van der Waals surface area (Å²) < 4.78 is 28.3. The van der Waals surface area contributed by atoms with Crippen molar-refractivity contribution < 1.29 is 18.0 Å². The number of benzene rings is 2. The Labute approximate surface area is 183 Å². The first kappa shape index (κ1) is 21.4. The summed E-state index contributed by atoms with van der Waals surface area (Å²) in [7, 11) is -3.85. The van der Waals surface area contributed by atoms with Crippen LogP contribution in [0.2, 0.25) is 0 Å². The van der Waals surface area contributed by atoms with Gasteiger partial charge < -0.3 is 9.80 Å². The molecule has 2 fully saturated rings. The summed E-state index contributed by atoms with van der Waals surface area (Å²) in [6, 6.07) is 11.2. The van der Waals surface area contributed by atoms with Gasteiger partial charge in [-0.15, -0.1) is 0 Å². The zero-order valence-electron chi connectivity index (χ0n) is 17.6. The van der Waals surface area contributed by atoms with Crippen LogP contribution < -0.4 is 4.72 Å². The normalized spacial score (nSPS) is 16.5. The van der Waals surface area contributed by atoms with Crippen LogP contribution in [0.15, 0.2) is 47.4 Å². The maximum absolute atomic E-state index is 13.0. The van der Waals surface area contributed by atoms with Crippen molar-refractivity contribution in [2.75, 3.05) is 30.9 Å². The van der Waals surface area contributed by atoms with Gasteiger partial charge in [-0.2, -0.15) is 0 Å². The van der Waals surface area contributed by atoms with Crippen LogP contribution in [0, 0.1) is 6.92 Å². The number of carbonyl (C=O) groups excluding carboxylic acids is 2. The van der Waals surface area contributed by atoms with E-state index in [4.69, 9.17) is 0 Å². The topological polar surface area (TPSA) is 86.8 Å². The molecule has 8 heteroatoms. The van der Waals surface area contributed by atoms with Gasteiger partial charge in [-0.25, -0.2) is 8.42 Å². The number of rotatable bonds is 5. The third-order valence-electron chi connectivity index (χ3n) is 5.80. The number of anilines is 1. The van der Waals surface area contributed by atoms with Crippen LogP contribution in [-0.4, -0.2) is 56.2 Å². The number of aryl methyl sites for hydroxylation is 1. The van der Waals surface area contributed by atoms with Crippen molar-refractivity contribution in [1.29, 1.82) is 0 Å². The molecule has 0 aliphatic carbocycles. The summed E-state index contributed by atoms with van der Waals surface area (Å²) in [6.45, 7) is 4.58. The molecule has 0 atom stereocenters. The van der Waals surface area contributed by atoms with Crippen LogP contribution >= 0.6 is 0 Å². The van der Waals surface area contributed by atoms with Gasteiger partial charge in [0.15, 0.2) is 0 Å². The Morgan fingerprint density at radius 2 is 1.23 bits per heavy atom. The fourth-order valence-electron chi connectivity index (χ4n) is 4.07. The van der Waals surface area contributed by atoms with Gasteiger partial charge >= 0.3 is 0 Å². The Hall–Kier alpha value is -2.87. The standard InChI is InChI=1S/C23H27N3O4S/c1-17-6-8-21(9-7-17)31(29,30)24-20-15-18(22(27)25-10-2-3-11-25)14-19(16-20)23(28)26-12-4-5-13-26/h6-9,14-16,24H,2-5,10-13H2,1H3. The minimum absolute atomic E-state index is 0.127. The molecule has 2 aromatic carbocycles. The zero-order chi connectivity index (χ0) is 22.0. The number of hydrogen-bond donors (Lipinski definition) is 1. The Morgan fingerprint density at radius 1 is 0.774 bits per heavy atom. The maximum atomic E-state index is 13.0. The highest BCUT2D eigenvalue weighted by Gasteiger charge is 2.25. The molecule has 0 saturated carbocycles. The summed E-state index contributed by atoms with van der Waals surface area (Å²) >= 11 is 0. The van der Waals surface area contributed by atoms with E-state index in [9.17, 15) is 18.0 Å². The highest BCUT2D eigenvalue weighted by atomic mass is 32.2. The molecule has 0 bridgehead atoms. The summed E-state index contributed by atoms with van der Waals surface area (Å²) in [4.78, 5) is 29.6. The van der Waals surface area contributed by atoms with E-state index in [0.29, 0.717) is 37.3 Å².